The summed E-state index contributed by atoms with van der Waals surface area (Å²) in [4.78, 5) is 14.6. The first-order valence-electron chi connectivity index (χ1n) is 10.4. The molecule has 2 fully saturated rings. The average molecular weight is 380 g/mol. The first-order valence-corrected chi connectivity index (χ1v) is 10.4. The molecule has 1 aromatic heterocycles. The maximum Gasteiger partial charge on any atom is 0.225 e. The third-order valence-electron chi connectivity index (χ3n) is 6.59. The van der Waals surface area contributed by atoms with E-state index < -0.39 is 0 Å². The molecule has 6 heteroatoms. The number of methoxy groups -OCH3 is 1. The number of rotatable bonds is 5. The highest BCUT2D eigenvalue weighted by atomic mass is 16.5. The zero-order chi connectivity index (χ0) is 19.1. The van der Waals surface area contributed by atoms with Gasteiger partial charge in [-0.2, -0.15) is 0 Å². The van der Waals surface area contributed by atoms with Gasteiger partial charge in [-0.1, -0.05) is 6.07 Å². The number of nitrogens with zero attached hydrogens (tertiary/aromatic N) is 4. The van der Waals surface area contributed by atoms with E-state index in [0.717, 1.165) is 43.3 Å². The molecule has 2 aromatic rings. The summed E-state index contributed by atoms with van der Waals surface area (Å²) in [5, 5.41) is 9.63. The summed E-state index contributed by atoms with van der Waals surface area (Å²) in [6, 6.07) is 7.09. The minimum absolute atomic E-state index is 0.000178. The van der Waals surface area contributed by atoms with E-state index in [-0.39, 0.29) is 6.61 Å². The highest BCUT2D eigenvalue weighted by Gasteiger charge is 2.41. The second-order valence-electron chi connectivity index (χ2n) is 8.19. The van der Waals surface area contributed by atoms with Crippen molar-refractivity contribution in [2.45, 2.75) is 57.3 Å². The van der Waals surface area contributed by atoms with Gasteiger partial charge in [-0.25, -0.2) is 9.97 Å². The van der Waals surface area contributed by atoms with Crippen molar-refractivity contribution in [2.24, 2.45) is 0 Å². The normalized spacial score (nSPS) is 23.9. The topological polar surface area (TPSA) is 61.7 Å². The highest BCUT2D eigenvalue weighted by Crippen LogP contribution is 2.44. The fraction of sp³-hybridized carbons (Fsp3) is 0.545. The number of benzene rings is 1. The molecule has 1 aromatic carbocycles. The van der Waals surface area contributed by atoms with Crippen molar-refractivity contribution in [3.63, 3.8) is 0 Å². The van der Waals surface area contributed by atoms with Gasteiger partial charge < -0.3 is 14.7 Å². The van der Waals surface area contributed by atoms with Gasteiger partial charge in [0.05, 0.1) is 19.4 Å². The highest BCUT2D eigenvalue weighted by molar-refractivity contribution is 5.39. The monoisotopic (exact) mass is 380 g/mol. The lowest BCUT2D eigenvalue weighted by molar-refractivity contribution is 0.166. The summed E-state index contributed by atoms with van der Waals surface area (Å²) in [6.07, 6.45) is 7.98. The third kappa shape index (κ3) is 3.05. The lowest BCUT2D eigenvalue weighted by Crippen LogP contribution is -2.38. The number of hydrogen-bond donors (Lipinski definition) is 1. The summed E-state index contributed by atoms with van der Waals surface area (Å²) < 4.78 is 5.34. The third-order valence-corrected chi connectivity index (χ3v) is 6.59. The Bertz CT molecular complexity index is 866. The summed E-state index contributed by atoms with van der Waals surface area (Å²) in [5.74, 6) is 1.67. The van der Waals surface area contributed by atoms with E-state index in [2.05, 4.69) is 28.1 Å². The van der Waals surface area contributed by atoms with Crippen molar-refractivity contribution in [3.8, 4) is 5.75 Å². The first-order chi connectivity index (χ1) is 13.8. The van der Waals surface area contributed by atoms with Crippen LogP contribution in [0.3, 0.4) is 0 Å². The maximum atomic E-state index is 9.63. The van der Waals surface area contributed by atoms with Crippen LogP contribution < -0.4 is 9.64 Å². The molecule has 2 atom stereocenters. The van der Waals surface area contributed by atoms with E-state index in [1.165, 1.54) is 42.5 Å². The number of aliphatic hydroxyl groups excluding tert-OH is 1. The van der Waals surface area contributed by atoms with E-state index >= 15 is 0 Å². The van der Waals surface area contributed by atoms with Crippen LogP contribution in [0.2, 0.25) is 0 Å². The first kappa shape index (κ1) is 17.9. The van der Waals surface area contributed by atoms with E-state index in [9.17, 15) is 5.11 Å². The zero-order valence-corrected chi connectivity index (χ0v) is 16.5. The Morgan fingerprint density at radius 3 is 2.86 bits per heavy atom. The number of aromatic nitrogens is 2. The number of fused-ring (bicyclic) bond motifs is 4. The molecule has 0 spiro atoms. The number of aliphatic hydroxyl groups is 1. The molecule has 2 saturated heterocycles. The molecule has 148 valence electrons. The Balaban J connectivity index is 1.39. The van der Waals surface area contributed by atoms with E-state index in [1.807, 2.05) is 6.07 Å². The lowest BCUT2D eigenvalue weighted by Gasteiger charge is -2.36. The molecule has 3 aliphatic heterocycles. The van der Waals surface area contributed by atoms with Crippen LogP contribution in [0.4, 0.5) is 5.95 Å². The second kappa shape index (κ2) is 7.33. The quantitative estimate of drug-likeness (QED) is 0.861. The van der Waals surface area contributed by atoms with Crippen molar-refractivity contribution in [1.29, 1.82) is 0 Å². The second-order valence-corrected chi connectivity index (χ2v) is 8.19. The molecule has 0 unspecified atom stereocenters. The van der Waals surface area contributed by atoms with Crippen LogP contribution in [0, 0.1) is 0 Å². The fourth-order valence-electron chi connectivity index (χ4n) is 5.14. The Morgan fingerprint density at radius 1 is 1.21 bits per heavy atom. The van der Waals surface area contributed by atoms with Gasteiger partial charge in [0.1, 0.15) is 5.75 Å². The Morgan fingerprint density at radius 2 is 2.07 bits per heavy atom. The molecule has 1 N–H and O–H groups in total. The van der Waals surface area contributed by atoms with Crippen LogP contribution in [0.5, 0.6) is 5.75 Å². The van der Waals surface area contributed by atoms with Gasteiger partial charge >= 0.3 is 0 Å². The lowest BCUT2D eigenvalue weighted by atomic mass is 9.98. The van der Waals surface area contributed by atoms with Gasteiger partial charge in [0, 0.05) is 55.5 Å². The van der Waals surface area contributed by atoms with Crippen molar-refractivity contribution in [3.05, 3.63) is 46.8 Å². The van der Waals surface area contributed by atoms with Crippen LogP contribution in [-0.2, 0) is 19.6 Å². The number of hydrogen-bond acceptors (Lipinski definition) is 6. The predicted molar refractivity (Wildman–Crippen MR) is 107 cm³/mol. The largest absolute Gasteiger partial charge is 0.496 e. The van der Waals surface area contributed by atoms with Crippen molar-refractivity contribution in [1.82, 2.24) is 14.9 Å². The summed E-state index contributed by atoms with van der Waals surface area (Å²) in [6.45, 7) is 3.06. The zero-order valence-electron chi connectivity index (χ0n) is 16.5. The Labute approximate surface area is 166 Å². The molecule has 28 heavy (non-hydrogen) atoms. The van der Waals surface area contributed by atoms with Crippen LogP contribution >= 0.6 is 0 Å². The molecule has 5 rings (SSSR count). The van der Waals surface area contributed by atoms with Crippen molar-refractivity contribution < 1.29 is 9.84 Å². The number of ether oxygens (including phenoxy) is 1. The van der Waals surface area contributed by atoms with E-state index in [0.29, 0.717) is 12.1 Å². The molecule has 0 aliphatic carbocycles. The fourth-order valence-corrected chi connectivity index (χ4v) is 5.14. The smallest absolute Gasteiger partial charge is 0.225 e. The van der Waals surface area contributed by atoms with Gasteiger partial charge in [-0.15, -0.1) is 0 Å². The molecule has 2 bridgehead atoms. The van der Waals surface area contributed by atoms with Crippen LogP contribution in [-0.4, -0.2) is 46.2 Å². The summed E-state index contributed by atoms with van der Waals surface area (Å²) in [7, 11) is 1.65. The summed E-state index contributed by atoms with van der Waals surface area (Å²) >= 11 is 0. The molecular weight excluding hydrogens is 352 g/mol. The van der Waals surface area contributed by atoms with Crippen molar-refractivity contribution >= 4 is 5.95 Å². The molecule has 0 radical (unpaired) electrons. The molecule has 0 amide bonds. The minimum Gasteiger partial charge on any atom is -0.496 e. The standard InChI is InChI=1S/C22H28N4O2/c1-28-21-7-4-15(10-16(21)14-27)13-26-17-5-6-20(26)18-12-23-22(24-19(18)11-17)25-8-2-3-9-25/h4,7,10,12,17,20,27H,2-3,5-6,8-9,11,13-14H2,1H3/t17-,20+/m0/s1. The van der Waals surface area contributed by atoms with Crippen LogP contribution in [0.15, 0.2) is 24.4 Å². The van der Waals surface area contributed by atoms with Gasteiger partial charge in [0.25, 0.3) is 0 Å². The van der Waals surface area contributed by atoms with Crippen LogP contribution in [0.25, 0.3) is 0 Å². The molecule has 4 heterocycles. The van der Waals surface area contributed by atoms with E-state index in [1.54, 1.807) is 7.11 Å². The maximum absolute atomic E-state index is 9.63. The molecule has 6 nitrogen and oxygen atoms in total. The molecule has 3 aliphatic rings. The summed E-state index contributed by atoms with van der Waals surface area (Å²) in [5.41, 5.74) is 4.64. The SMILES string of the molecule is COc1ccc(CN2[C@H]3CC[C@@H]2c2cnc(N4CCCC4)nc2C3)cc1CO. The van der Waals surface area contributed by atoms with Gasteiger partial charge in [-0.05, 0) is 43.4 Å². The van der Waals surface area contributed by atoms with Crippen LogP contribution in [0.1, 0.15) is 54.1 Å². The van der Waals surface area contributed by atoms with Gasteiger partial charge in [0.15, 0.2) is 0 Å². The average Bonchev–Trinajstić information content (AvgIpc) is 3.35. The van der Waals surface area contributed by atoms with Crippen molar-refractivity contribution in [2.75, 3.05) is 25.1 Å². The van der Waals surface area contributed by atoms with Gasteiger partial charge in [0.2, 0.25) is 5.95 Å². The molecular formula is C22H28N4O2. The molecule has 0 saturated carbocycles. The van der Waals surface area contributed by atoms with Gasteiger partial charge in [-0.3, -0.25) is 4.90 Å². The Kier molecular flexibility index (Phi) is 4.69. The number of anilines is 1. The predicted octanol–water partition coefficient (Wildman–Crippen LogP) is 2.84. The minimum atomic E-state index is -0.000178. The Hall–Kier alpha value is -2.18. The van der Waals surface area contributed by atoms with E-state index in [4.69, 9.17) is 14.7 Å².